The van der Waals surface area contributed by atoms with E-state index in [1.807, 2.05) is 6.26 Å². The molecule has 0 aromatic rings. The minimum atomic E-state index is 0.321. The largest absolute Gasteiger partial charge is 0.501 e. The standard InChI is InChI=1S/C13H26N2O/c1-2-3-4-5-6-9-13(15-14)12-8-7-10-16-11-12/h11,13,15H,2-10,14H2,1H3. The molecule has 0 aromatic heterocycles. The number of hydrazine groups is 1. The van der Waals surface area contributed by atoms with Gasteiger partial charge in [-0.3, -0.25) is 11.3 Å². The van der Waals surface area contributed by atoms with E-state index in [0.29, 0.717) is 6.04 Å². The fourth-order valence-corrected chi connectivity index (χ4v) is 2.17. The summed E-state index contributed by atoms with van der Waals surface area (Å²) < 4.78 is 5.35. The van der Waals surface area contributed by atoms with E-state index in [0.717, 1.165) is 25.9 Å². The zero-order chi connectivity index (χ0) is 11.6. The van der Waals surface area contributed by atoms with Crippen LogP contribution in [0.1, 0.15) is 58.3 Å². The molecule has 3 nitrogen and oxygen atoms in total. The van der Waals surface area contributed by atoms with Gasteiger partial charge in [-0.15, -0.1) is 0 Å². The van der Waals surface area contributed by atoms with Crippen molar-refractivity contribution in [1.29, 1.82) is 0 Å². The van der Waals surface area contributed by atoms with Gasteiger partial charge in [-0.2, -0.15) is 0 Å². The Kier molecular flexibility index (Phi) is 7.26. The van der Waals surface area contributed by atoms with Gasteiger partial charge in [-0.25, -0.2) is 0 Å². The zero-order valence-corrected chi connectivity index (χ0v) is 10.5. The molecule has 3 N–H and O–H groups in total. The number of hydrogen-bond acceptors (Lipinski definition) is 3. The van der Waals surface area contributed by atoms with Crippen LogP contribution in [0.2, 0.25) is 0 Å². The fraction of sp³-hybridized carbons (Fsp3) is 0.846. The molecule has 0 aromatic carbocycles. The minimum absolute atomic E-state index is 0.321. The van der Waals surface area contributed by atoms with Crippen molar-refractivity contribution < 1.29 is 4.74 Å². The van der Waals surface area contributed by atoms with E-state index in [1.165, 1.54) is 37.7 Å². The highest BCUT2D eigenvalue weighted by Gasteiger charge is 2.15. The third-order valence-corrected chi connectivity index (χ3v) is 3.21. The molecule has 0 bridgehead atoms. The van der Waals surface area contributed by atoms with Crippen molar-refractivity contribution in [3.8, 4) is 0 Å². The molecule has 0 radical (unpaired) electrons. The summed E-state index contributed by atoms with van der Waals surface area (Å²) in [5.74, 6) is 5.60. The predicted octanol–water partition coefficient (Wildman–Crippen LogP) is 2.87. The Balaban J connectivity index is 2.18. The van der Waals surface area contributed by atoms with Crippen molar-refractivity contribution in [3.05, 3.63) is 11.8 Å². The Morgan fingerprint density at radius 2 is 2.19 bits per heavy atom. The molecule has 3 heteroatoms. The summed E-state index contributed by atoms with van der Waals surface area (Å²) in [5, 5.41) is 0. The molecule has 1 unspecified atom stereocenters. The first-order chi connectivity index (χ1) is 7.88. The van der Waals surface area contributed by atoms with Crippen LogP contribution in [0.5, 0.6) is 0 Å². The Hall–Kier alpha value is -0.540. The number of unbranched alkanes of at least 4 members (excludes halogenated alkanes) is 4. The molecule has 1 rings (SSSR count). The van der Waals surface area contributed by atoms with Crippen LogP contribution in [0.25, 0.3) is 0 Å². The normalized spacial score (nSPS) is 17.8. The lowest BCUT2D eigenvalue weighted by atomic mass is 9.97. The lowest BCUT2D eigenvalue weighted by Crippen LogP contribution is -2.37. The highest BCUT2D eigenvalue weighted by Crippen LogP contribution is 2.19. The number of hydrogen-bond donors (Lipinski definition) is 2. The zero-order valence-electron chi connectivity index (χ0n) is 10.5. The van der Waals surface area contributed by atoms with Crippen LogP contribution >= 0.6 is 0 Å². The summed E-state index contributed by atoms with van der Waals surface area (Å²) >= 11 is 0. The Bertz CT molecular complexity index is 204. The van der Waals surface area contributed by atoms with Crippen molar-refractivity contribution >= 4 is 0 Å². The first-order valence-electron chi connectivity index (χ1n) is 6.65. The van der Waals surface area contributed by atoms with Crippen LogP contribution in [-0.4, -0.2) is 12.6 Å². The molecule has 0 saturated carbocycles. The molecule has 94 valence electrons. The van der Waals surface area contributed by atoms with Crippen LogP contribution in [0.15, 0.2) is 11.8 Å². The predicted molar refractivity (Wildman–Crippen MR) is 67.8 cm³/mol. The third-order valence-electron chi connectivity index (χ3n) is 3.21. The van der Waals surface area contributed by atoms with Gasteiger partial charge >= 0.3 is 0 Å². The SMILES string of the molecule is CCCCCCCC(NN)C1=COCCC1. The molecule has 1 atom stereocenters. The average Bonchev–Trinajstić information content (AvgIpc) is 2.35. The van der Waals surface area contributed by atoms with Crippen molar-refractivity contribution in [3.63, 3.8) is 0 Å². The van der Waals surface area contributed by atoms with E-state index in [-0.39, 0.29) is 0 Å². The summed E-state index contributed by atoms with van der Waals surface area (Å²) in [4.78, 5) is 0. The number of nitrogens with two attached hydrogens (primary N) is 1. The van der Waals surface area contributed by atoms with Gasteiger partial charge in [0.25, 0.3) is 0 Å². The lowest BCUT2D eigenvalue weighted by Gasteiger charge is -2.22. The second-order valence-electron chi connectivity index (χ2n) is 4.59. The summed E-state index contributed by atoms with van der Waals surface area (Å²) in [7, 11) is 0. The van der Waals surface area contributed by atoms with E-state index >= 15 is 0 Å². The molecule has 0 spiro atoms. The van der Waals surface area contributed by atoms with Crippen LogP contribution in [0.4, 0.5) is 0 Å². The monoisotopic (exact) mass is 226 g/mol. The van der Waals surface area contributed by atoms with Crippen LogP contribution < -0.4 is 11.3 Å². The summed E-state index contributed by atoms with van der Waals surface area (Å²) in [6, 6.07) is 0.321. The van der Waals surface area contributed by atoms with Crippen molar-refractivity contribution in [2.45, 2.75) is 64.3 Å². The molecular formula is C13H26N2O. The molecule has 0 amide bonds. The Labute approximate surface area is 99.4 Å². The first-order valence-corrected chi connectivity index (χ1v) is 6.65. The number of rotatable bonds is 8. The highest BCUT2D eigenvalue weighted by molar-refractivity contribution is 5.09. The van der Waals surface area contributed by atoms with Gasteiger partial charge in [-0.1, -0.05) is 39.0 Å². The van der Waals surface area contributed by atoms with Gasteiger partial charge in [0.15, 0.2) is 0 Å². The van der Waals surface area contributed by atoms with Gasteiger partial charge in [0.2, 0.25) is 0 Å². The molecule has 16 heavy (non-hydrogen) atoms. The van der Waals surface area contributed by atoms with E-state index < -0.39 is 0 Å². The molecule has 0 saturated heterocycles. The quantitative estimate of drug-likeness (QED) is 0.380. The fourth-order valence-electron chi connectivity index (χ4n) is 2.17. The third kappa shape index (κ3) is 4.99. The maximum atomic E-state index is 5.60. The Morgan fingerprint density at radius 3 is 2.81 bits per heavy atom. The van der Waals surface area contributed by atoms with E-state index in [9.17, 15) is 0 Å². The maximum Gasteiger partial charge on any atom is 0.0876 e. The smallest absolute Gasteiger partial charge is 0.0876 e. The van der Waals surface area contributed by atoms with Gasteiger partial charge in [0.1, 0.15) is 0 Å². The van der Waals surface area contributed by atoms with E-state index in [1.54, 1.807) is 0 Å². The molecular weight excluding hydrogens is 200 g/mol. The van der Waals surface area contributed by atoms with Crippen LogP contribution in [-0.2, 0) is 4.74 Å². The van der Waals surface area contributed by atoms with E-state index in [4.69, 9.17) is 10.6 Å². The summed E-state index contributed by atoms with van der Waals surface area (Å²) in [5.41, 5.74) is 4.25. The topological polar surface area (TPSA) is 47.3 Å². The van der Waals surface area contributed by atoms with Crippen LogP contribution in [0.3, 0.4) is 0 Å². The van der Waals surface area contributed by atoms with Gasteiger partial charge in [0, 0.05) is 6.04 Å². The summed E-state index contributed by atoms with van der Waals surface area (Å²) in [6.45, 7) is 3.10. The van der Waals surface area contributed by atoms with Gasteiger partial charge in [0.05, 0.1) is 12.9 Å². The molecule has 1 aliphatic heterocycles. The summed E-state index contributed by atoms with van der Waals surface area (Å²) in [6.07, 6.45) is 11.9. The molecule has 1 aliphatic rings. The highest BCUT2D eigenvalue weighted by atomic mass is 16.5. The number of nitrogens with one attached hydrogen (secondary N) is 1. The second kappa shape index (κ2) is 8.59. The Morgan fingerprint density at radius 1 is 1.38 bits per heavy atom. The second-order valence-corrected chi connectivity index (χ2v) is 4.59. The maximum absolute atomic E-state index is 5.60. The lowest BCUT2D eigenvalue weighted by molar-refractivity contribution is 0.218. The molecule has 0 aliphatic carbocycles. The molecule has 1 heterocycles. The van der Waals surface area contributed by atoms with Gasteiger partial charge < -0.3 is 4.74 Å². The van der Waals surface area contributed by atoms with Crippen molar-refractivity contribution in [2.75, 3.05) is 6.61 Å². The van der Waals surface area contributed by atoms with Gasteiger partial charge in [-0.05, 0) is 24.8 Å². The van der Waals surface area contributed by atoms with Crippen LogP contribution in [0, 0.1) is 0 Å². The average molecular weight is 226 g/mol. The minimum Gasteiger partial charge on any atom is -0.501 e. The first kappa shape index (κ1) is 13.5. The van der Waals surface area contributed by atoms with Crippen molar-refractivity contribution in [1.82, 2.24) is 5.43 Å². The van der Waals surface area contributed by atoms with E-state index in [2.05, 4.69) is 12.3 Å². The van der Waals surface area contributed by atoms with Crippen molar-refractivity contribution in [2.24, 2.45) is 5.84 Å². The number of ether oxygens (including phenoxy) is 1. The molecule has 0 fully saturated rings.